The second-order valence-electron chi connectivity index (χ2n) is 7.84. The van der Waals surface area contributed by atoms with Gasteiger partial charge in [-0.25, -0.2) is 14.5 Å². The molecule has 5 rings (SSSR count). The maximum absolute atomic E-state index is 13.1. The zero-order valence-electron chi connectivity index (χ0n) is 15.7. The van der Waals surface area contributed by atoms with Crippen LogP contribution in [0.1, 0.15) is 36.4 Å². The molecule has 1 aromatic heterocycles. The van der Waals surface area contributed by atoms with Crippen molar-refractivity contribution in [3.05, 3.63) is 78.4 Å². The van der Waals surface area contributed by atoms with Crippen molar-refractivity contribution in [3.63, 3.8) is 0 Å². The molecule has 3 aromatic rings. The highest BCUT2D eigenvalue weighted by molar-refractivity contribution is 5.91. The molecule has 2 aromatic carbocycles. The van der Waals surface area contributed by atoms with Gasteiger partial charge in [0.2, 0.25) is 0 Å². The first-order chi connectivity index (χ1) is 13.8. The number of aromatic nitrogens is 3. The predicted molar refractivity (Wildman–Crippen MR) is 107 cm³/mol. The van der Waals surface area contributed by atoms with E-state index in [1.807, 2.05) is 35.2 Å². The fourth-order valence-electron chi connectivity index (χ4n) is 4.61. The molecule has 1 atom stereocenters. The molecule has 1 aliphatic carbocycles. The summed E-state index contributed by atoms with van der Waals surface area (Å²) in [5.41, 5.74) is 3.35. The number of carbonyl (C=O) groups excluding carboxylic acids is 1. The molecule has 2 fully saturated rings. The summed E-state index contributed by atoms with van der Waals surface area (Å²) in [5, 5.41) is 7.30. The number of amides is 2. The van der Waals surface area contributed by atoms with Gasteiger partial charge in [0.1, 0.15) is 12.7 Å². The average Bonchev–Trinajstić information content (AvgIpc) is 3.15. The third-order valence-electron chi connectivity index (χ3n) is 6.16. The number of carbonyl (C=O) groups is 1. The van der Waals surface area contributed by atoms with Crippen LogP contribution in [0.15, 0.2) is 67.3 Å². The Morgan fingerprint density at radius 1 is 1.11 bits per heavy atom. The molecule has 28 heavy (non-hydrogen) atoms. The van der Waals surface area contributed by atoms with Gasteiger partial charge in [0, 0.05) is 17.6 Å². The Bertz CT molecular complexity index is 966. The molecular formula is C22H23N5O. The molecule has 1 saturated heterocycles. The summed E-state index contributed by atoms with van der Waals surface area (Å²) in [6.07, 6.45) is 6.88. The Morgan fingerprint density at radius 3 is 2.61 bits per heavy atom. The summed E-state index contributed by atoms with van der Waals surface area (Å²) in [6.45, 7) is 1.41. The van der Waals surface area contributed by atoms with Gasteiger partial charge in [-0.15, -0.1) is 0 Å². The standard InChI is InChI=1S/C22H23N5O/c28-21(25-19-10-5-4-9-18(19)13-26-16-23-15-24-26)27-14-22(11-6-12-22)20(27)17-7-2-1-3-8-17/h1-5,7-10,15-16,20H,6,11-14H2,(H,25,28). The van der Waals surface area contributed by atoms with Crippen LogP contribution in [0.4, 0.5) is 10.5 Å². The molecule has 0 radical (unpaired) electrons. The second kappa shape index (κ2) is 6.78. The summed E-state index contributed by atoms with van der Waals surface area (Å²) in [5.74, 6) is 0. The lowest BCUT2D eigenvalue weighted by Crippen LogP contribution is -2.64. The van der Waals surface area contributed by atoms with Gasteiger partial charge in [-0.05, 0) is 30.0 Å². The Morgan fingerprint density at radius 2 is 1.89 bits per heavy atom. The van der Waals surface area contributed by atoms with E-state index in [4.69, 9.17) is 0 Å². The van der Waals surface area contributed by atoms with E-state index in [9.17, 15) is 4.79 Å². The smallest absolute Gasteiger partial charge is 0.316 e. The number of hydrogen-bond acceptors (Lipinski definition) is 3. The summed E-state index contributed by atoms with van der Waals surface area (Å²) in [7, 11) is 0. The molecule has 1 unspecified atom stereocenters. The Kier molecular flexibility index (Phi) is 4.11. The van der Waals surface area contributed by atoms with E-state index in [2.05, 4.69) is 39.7 Å². The third-order valence-corrected chi connectivity index (χ3v) is 6.16. The predicted octanol–water partition coefficient (Wildman–Crippen LogP) is 4.09. The van der Waals surface area contributed by atoms with Crippen LogP contribution in [0.25, 0.3) is 0 Å². The summed E-state index contributed by atoms with van der Waals surface area (Å²) in [4.78, 5) is 19.1. The maximum atomic E-state index is 13.1. The van der Waals surface area contributed by atoms with E-state index in [1.165, 1.54) is 31.2 Å². The minimum Gasteiger partial charge on any atom is -0.316 e. The third kappa shape index (κ3) is 2.85. The molecule has 6 nitrogen and oxygen atoms in total. The fraction of sp³-hybridized carbons (Fsp3) is 0.318. The molecule has 2 amide bonds. The SMILES string of the molecule is O=C(Nc1ccccc1Cn1cncn1)N1CC2(CCC2)C1c1ccccc1. The number of rotatable bonds is 4. The number of nitrogens with one attached hydrogen (secondary N) is 1. The summed E-state index contributed by atoms with van der Waals surface area (Å²) < 4.78 is 1.75. The normalized spacial score (nSPS) is 19.7. The number of anilines is 1. The zero-order chi connectivity index (χ0) is 19.0. The largest absolute Gasteiger partial charge is 0.322 e. The van der Waals surface area contributed by atoms with E-state index in [1.54, 1.807) is 11.0 Å². The summed E-state index contributed by atoms with van der Waals surface area (Å²) in [6, 6.07) is 18.4. The van der Waals surface area contributed by atoms with Crippen molar-refractivity contribution < 1.29 is 4.79 Å². The molecule has 0 bridgehead atoms. The number of nitrogens with zero attached hydrogens (tertiary/aromatic N) is 4. The lowest BCUT2D eigenvalue weighted by atomic mass is 9.56. The van der Waals surface area contributed by atoms with Gasteiger partial charge < -0.3 is 10.2 Å². The Labute approximate surface area is 164 Å². The molecule has 6 heteroatoms. The van der Waals surface area contributed by atoms with Crippen LogP contribution in [-0.2, 0) is 6.54 Å². The van der Waals surface area contributed by atoms with Crippen LogP contribution in [-0.4, -0.2) is 32.2 Å². The van der Waals surface area contributed by atoms with Crippen LogP contribution in [0.3, 0.4) is 0 Å². The lowest BCUT2D eigenvalue weighted by Gasteiger charge is -2.62. The number of urea groups is 1. The molecule has 1 spiro atoms. The van der Waals surface area contributed by atoms with Crippen molar-refractivity contribution in [2.75, 3.05) is 11.9 Å². The van der Waals surface area contributed by atoms with Crippen LogP contribution in [0.2, 0.25) is 0 Å². The van der Waals surface area contributed by atoms with Gasteiger partial charge in [0.05, 0.1) is 12.6 Å². The number of benzene rings is 2. The van der Waals surface area contributed by atoms with E-state index >= 15 is 0 Å². The van der Waals surface area contributed by atoms with Gasteiger partial charge in [-0.1, -0.05) is 55.0 Å². The highest BCUT2D eigenvalue weighted by atomic mass is 16.2. The molecule has 142 valence electrons. The molecule has 1 aliphatic heterocycles. The minimum absolute atomic E-state index is 0.0302. The van der Waals surface area contributed by atoms with E-state index < -0.39 is 0 Å². The summed E-state index contributed by atoms with van der Waals surface area (Å²) >= 11 is 0. The van der Waals surface area contributed by atoms with Crippen molar-refractivity contribution in [1.82, 2.24) is 19.7 Å². The van der Waals surface area contributed by atoms with Gasteiger partial charge in [0.25, 0.3) is 0 Å². The van der Waals surface area contributed by atoms with Crippen molar-refractivity contribution in [1.29, 1.82) is 0 Å². The van der Waals surface area contributed by atoms with Crippen molar-refractivity contribution in [3.8, 4) is 0 Å². The van der Waals surface area contributed by atoms with E-state index in [0.717, 1.165) is 17.8 Å². The first-order valence-electron chi connectivity index (χ1n) is 9.78. The highest BCUT2D eigenvalue weighted by Crippen LogP contribution is 2.60. The molecule has 2 aliphatic rings. The number of likely N-dealkylation sites (tertiary alicyclic amines) is 1. The van der Waals surface area contributed by atoms with Gasteiger partial charge in [0.15, 0.2) is 0 Å². The Balaban J connectivity index is 1.36. The van der Waals surface area contributed by atoms with Crippen LogP contribution in [0, 0.1) is 5.41 Å². The topological polar surface area (TPSA) is 63.1 Å². The number of para-hydroxylation sites is 1. The van der Waals surface area contributed by atoms with Crippen molar-refractivity contribution in [2.24, 2.45) is 5.41 Å². The van der Waals surface area contributed by atoms with Crippen molar-refractivity contribution in [2.45, 2.75) is 31.8 Å². The molecule has 2 heterocycles. The fourth-order valence-corrected chi connectivity index (χ4v) is 4.61. The quantitative estimate of drug-likeness (QED) is 0.749. The van der Waals surface area contributed by atoms with Gasteiger partial charge >= 0.3 is 6.03 Å². The highest BCUT2D eigenvalue weighted by Gasteiger charge is 2.57. The van der Waals surface area contributed by atoms with Crippen LogP contribution in [0.5, 0.6) is 0 Å². The Hall–Kier alpha value is -3.15. The average molecular weight is 373 g/mol. The van der Waals surface area contributed by atoms with Gasteiger partial charge in [-0.3, -0.25) is 0 Å². The number of hydrogen-bond donors (Lipinski definition) is 1. The molecule has 1 N–H and O–H groups in total. The van der Waals surface area contributed by atoms with E-state index in [0.29, 0.717) is 6.54 Å². The first-order valence-corrected chi connectivity index (χ1v) is 9.78. The first kappa shape index (κ1) is 17.0. The molecular weight excluding hydrogens is 350 g/mol. The molecule has 1 saturated carbocycles. The van der Waals surface area contributed by atoms with Crippen molar-refractivity contribution >= 4 is 11.7 Å². The second-order valence-corrected chi connectivity index (χ2v) is 7.84. The van der Waals surface area contributed by atoms with Crippen LogP contribution < -0.4 is 5.32 Å². The van der Waals surface area contributed by atoms with E-state index in [-0.39, 0.29) is 17.5 Å². The van der Waals surface area contributed by atoms with Gasteiger partial charge in [-0.2, -0.15) is 5.10 Å². The minimum atomic E-state index is -0.0302. The zero-order valence-corrected chi connectivity index (χ0v) is 15.7. The van der Waals surface area contributed by atoms with Crippen LogP contribution >= 0.6 is 0 Å². The lowest BCUT2D eigenvalue weighted by molar-refractivity contribution is -0.0970. The maximum Gasteiger partial charge on any atom is 0.322 e. The monoisotopic (exact) mass is 373 g/mol.